The molecule has 0 unspecified atom stereocenters. The number of furan rings is 1. The van der Waals surface area contributed by atoms with E-state index in [0.29, 0.717) is 6.42 Å². The summed E-state index contributed by atoms with van der Waals surface area (Å²) in [6, 6.07) is 15.9. The van der Waals surface area contributed by atoms with Gasteiger partial charge in [0.2, 0.25) is 0 Å². The molecule has 2 aliphatic heterocycles. The number of nitrogens with one attached hydrogen (secondary N) is 1. The normalized spacial score (nSPS) is 18.8. The first kappa shape index (κ1) is 19.9. The van der Waals surface area contributed by atoms with E-state index in [2.05, 4.69) is 22.3 Å². The molecule has 5 rings (SSSR count). The van der Waals surface area contributed by atoms with E-state index in [1.165, 1.54) is 24.9 Å². The Balaban J connectivity index is 1.33. The van der Waals surface area contributed by atoms with Gasteiger partial charge < -0.3 is 14.6 Å². The molecule has 1 fully saturated rings. The van der Waals surface area contributed by atoms with Crippen molar-refractivity contribution in [1.82, 2.24) is 5.01 Å². The van der Waals surface area contributed by atoms with Crippen molar-refractivity contribution in [3.63, 3.8) is 0 Å². The summed E-state index contributed by atoms with van der Waals surface area (Å²) in [6.45, 7) is 2.31. The third-order valence-electron chi connectivity index (χ3n) is 5.87. The van der Waals surface area contributed by atoms with Crippen molar-refractivity contribution in [1.29, 1.82) is 0 Å². The SMILES string of the molecule is O=C(CNc1ccccc1N1CCCCC1)N1N=C(c2cccs2)C[C@H]1c1ccco1. The van der Waals surface area contributed by atoms with Crippen LogP contribution in [0.3, 0.4) is 0 Å². The summed E-state index contributed by atoms with van der Waals surface area (Å²) in [6.07, 6.45) is 6.02. The Bertz CT molecular complexity index is 1040. The van der Waals surface area contributed by atoms with Crippen LogP contribution in [0, 0.1) is 0 Å². The molecule has 0 aliphatic carbocycles. The number of carbonyl (C=O) groups excluding carboxylic acids is 1. The van der Waals surface area contributed by atoms with E-state index >= 15 is 0 Å². The number of amides is 1. The number of hydrogen-bond donors (Lipinski definition) is 1. The molecule has 160 valence electrons. The fourth-order valence-corrected chi connectivity index (χ4v) is 5.04. The van der Waals surface area contributed by atoms with Gasteiger partial charge in [0.05, 0.1) is 34.8 Å². The van der Waals surface area contributed by atoms with Gasteiger partial charge in [0, 0.05) is 19.5 Å². The molecular formula is C24H26N4O2S. The van der Waals surface area contributed by atoms with E-state index in [1.54, 1.807) is 22.6 Å². The third kappa shape index (κ3) is 4.23. The second kappa shape index (κ2) is 8.98. The van der Waals surface area contributed by atoms with Crippen molar-refractivity contribution in [3.05, 3.63) is 70.8 Å². The van der Waals surface area contributed by atoms with Gasteiger partial charge in [0.1, 0.15) is 11.8 Å². The average molecular weight is 435 g/mol. The van der Waals surface area contributed by atoms with Gasteiger partial charge in [-0.2, -0.15) is 5.10 Å². The Morgan fingerprint density at radius 3 is 2.74 bits per heavy atom. The molecule has 1 amide bonds. The molecule has 4 heterocycles. The van der Waals surface area contributed by atoms with Crippen molar-refractivity contribution in [2.24, 2.45) is 5.10 Å². The number of rotatable bonds is 6. The summed E-state index contributed by atoms with van der Waals surface area (Å²) in [5.41, 5.74) is 3.09. The first-order valence-electron chi connectivity index (χ1n) is 10.8. The molecule has 1 aromatic carbocycles. The molecule has 0 radical (unpaired) electrons. The minimum atomic E-state index is -0.210. The van der Waals surface area contributed by atoms with Crippen LogP contribution in [0.1, 0.15) is 42.4 Å². The lowest BCUT2D eigenvalue weighted by Crippen LogP contribution is -2.33. The number of carbonyl (C=O) groups is 1. The number of thiophene rings is 1. The quantitative estimate of drug-likeness (QED) is 0.585. The zero-order chi connectivity index (χ0) is 21.0. The predicted octanol–water partition coefficient (Wildman–Crippen LogP) is 5.12. The van der Waals surface area contributed by atoms with Gasteiger partial charge in [-0.25, -0.2) is 5.01 Å². The van der Waals surface area contributed by atoms with Gasteiger partial charge in [-0.1, -0.05) is 18.2 Å². The fourth-order valence-electron chi connectivity index (χ4n) is 4.32. The van der Waals surface area contributed by atoms with Crippen molar-refractivity contribution in [2.75, 3.05) is 29.9 Å². The number of piperidine rings is 1. The zero-order valence-corrected chi connectivity index (χ0v) is 18.2. The van der Waals surface area contributed by atoms with E-state index < -0.39 is 0 Å². The van der Waals surface area contributed by atoms with Gasteiger partial charge in [0.15, 0.2) is 0 Å². The fraction of sp³-hybridized carbons (Fsp3) is 0.333. The second-order valence-electron chi connectivity index (χ2n) is 7.92. The Kier molecular flexibility index (Phi) is 5.76. The largest absolute Gasteiger partial charge is 0.467 e. The summed E-state index contributed by atoms with van der Waals surface area (Å²) >= 11 is 1.64. The van der Waals surface area contributed by atoms with E-state index in [9.17, 15) is 4.79 Å². The lowest BCUT2D eigenvalue weighted by Gasteiger charge is -2.30. The van der Waals surface area contributed by atoms with Crippen LogP contribution in [0.5, 0.6) is 0 Å². The summed E-state index contributed by atoms with van der Waals surface area (Å²) in [7, 11) is 0. The Labute approximate surface area is 186 Å². The number of para-hydroxylation sites is 2. The number of hydrazone groups is 1. The van der Waals surface area contributed by atoms with E-state index in [1.807, 2.05) is 41.8 Å². The average Bonchev–Trinajstić information content (AvgIpc) is 3.59. The smallest absolute Gasteiger partial charge is 0.262 e. The van der Waals surface area contributed by atoms with Crippen molar-refractivity contribution in [3.8, 4) is 0 Å². The first-order chi connectivity index (χ1) is 15.3. The summed E-state index contributed by atoms with van der Waals surface area (Å²) in [4.78, 5) is 16.7. The van der Waals surface area contributed by atoms with Crippen molar-refractivity contribution in [2.45, 2.75) is 31.7 Å². The van der Waals surface area contributed by atoms with Crippen LogP contribution < -0.4 is 10.2 Å². The van der Waals surface area contributed by atoms with Crippen LogP contribution in [0.4, 0.5) is 11.4 Å². The lowest BCUT2D eigenvalue weighted by atomic mass is 10.1. The van der Waals surface area contributed by atoms with Gasteiger partial charge in [-0.15, -0.1) is 11.3 Å². The molecule has 7 heteroatoms. The van der Waals surface area contributed by atoms with Gasteiger partial charge in [-0.05, 0) is 55.0 Å². The van der Waals surface area contributed by atoms with Crippen molar-refractivity contribution < 1.29 is 9.21 Å². The Morgan fingerprint density at radius 1 is 1.10 bits per heavy atom. The molecule has 1 saturated heterocycles. The minimum Gasteiger partial charge on any atom is -0.467 e. The Hall–Kier alpha value is -3.06. The molecular weight excluding hydrogens is 408 g/mol. The standard InChI is InChI=1S/C24H26N4O2S/c29-24(17-25-18-8-2-3-9-20(18)27-12-4-1-5-13-27)28-21(22-10-6-14-30-22)16-19(26-28)23-11-7-15-31-23/h2-3,6-11,14-15,21,25H,1,4-5,12-13,16-17H2/t21-/m0/s1. The first-order valence-corrected chi connectivity index (χ1v) is 11.7. The highest BCUT2D eigenvalue weighted by molar-refractivity contribution is 7.12. The molecule has 1 atom stereocenters. The van der Waals surface area contributed by atoms with Gasteiger partial charge in [0.25, 0.3) is 5.91 Å². The van der Waals surface area contributed by atoms with Gasteiger partial charge >= 0.3 is 0 Å². The second-order valence-corrected chi connectivity index (χ2v) is 8.86. The number of anilines is 2. The van der Waals surface area contributed by atoms with Crippen LogP contribution in [-0.4, -0.2) is 36.3 Å². The van der Waals surface area contributed by atoms with Gasteiger partial charge in [-0.3, -0.25) is 4.79 Å². The highest BCUT2D eigenvalue weighted by Gasteiger charge is 2.35. The van der Waals surface area contributed by atoms with Crippen LogP contribution in [0.15, 0.2) is 69.7 Å². The maximum Gasteiger partial charge on any atom is 0.262 e. The van der Waals surface area contributed by atoms with E-state index in [-0.39, 0.29) is 18.5 Å². The van der Waals surface area contributed by atoms with Crippen LogP contribution in [0.2, 0.25) is 0 Å². The predicted molar refractivity (Wildman–Crippen MR) is 125 cm³/mol. The molecule has 31 heavy (non-hydrogen) atoms. The molecule has 0 spiro atoms. The molecule has 2 aliphatic rings. The summed E-state index contributed by atoms with van der Waals surface area (Å²) < 4.78 is 5.63. The maximum absolute atomic E-state index is 13.2. The maximum atomic E-state index is 13.2. The molecule has 2 aromatic heterocycles. The number of benzene rings is 1. The van der Waals surface area contributed by atoms with E-state index in [4.69, 9.17) is 9.52 Å². The number of hydrogen-bond acceptors (Lipinski definition) is 6. The highest BCUT2D eigenvalue weighted by atomic mass is 32.1. The lowest BCUT2D eigenvalue weighted by molar-refractivity contribution is -0.131. The van der Waals surface area contributed by atoms with Crippen LogP contribution in [0.25, 0.3) is 0 Å². The Morgan fingerprint density at radius 2 is 1.97 bits per heavy atom. The molecule has 1 N–H and O–H groups in total. The highest BCUT2D eigenvalue weighted by Crippen LogP contribution is 2.34. The van der Waals surface area contributed by atoms with Crippen LogP contribution >= 0.6 is 11.3 Å². The molecule has 0 bridgehead atoms. The summed E-state index contributed by atoms with van der Waals surface area (Å²) in [5, 5.41) is 11.7. The molecule has 6 nitrogen and oxygen atoms in total. The minimum absolute atomic E-state index is 0.0681. The topological polar surface area (TPSA) is 61.1 Å². The van der Waals surface area contributed by atoms with E-state index in [0.717, 1.165) is 35.1 Å². The zero-order valence-electron chi connectivity index (χ0n) is 17.4. The summed E-state index contributed by atoms with van der Waals surface area (Å²) in [5.74, 6) is 0.693. The number of nitrogens with zero attached hydrogens (tertiary/aromatic N) is 3. The monoisotopic (exact) mass is 434 g/mol. The molecule has 3 aromatic rings. The third-order valence-corrected chi connectivity index (χ3v) is 6.79. The molecule has 0 saturated carbocycles. The van der Waals surface area contributed by atoms with Crippen molar-refractivity contribution >= 4 is 34.3 Å². The van der Waals surface area contributed by atoms with Crippen LogP contribution in [-0.2, 0) is 4.79 Å².